The minimum atomic E-state index is -2.79. The van der Waals surface area contributed by atoms with E-state index >= 15 is 0 Å². The zero-order valence-corrected chi connectivity index (χ0v) is 25.0. The summed E-state index contributed by atoms with van der Waals surface area (Å²) in [5.74, 6) is 0. The Kier molecular flexibility index (Phi) is 13.8. The predicted molar refractivity (Wildman–Crippen MR) is 138 cm³/mol. The van der Waals surface area contributed by atoms with Crippen molar-refractivity contribution in [2.45, 2.75) is 149 Å². The molecule has 182 valence electrons. The molecule has 1 atom stereocenters. The third kappa shape index (κ3) is 8.59. The van der Waals surface area contributed by atoms with Gasteiger partial charge in [0.1, 0.15) is 0 Å². The molecular weight excluding hydrogens is 489 g/mol. The molecule has 0 spiro atoms. The molecule has 0 aromatic rings. The van der Waals surface area contributed by atoms with Crippen LogP contribution in [0.5, 0.6) is 0 Å². The number of rotatable bonds is 14. The van der Waals surface area contributed by atoms with Crippen molar-refractivity contribution in [3.63, 3.8) is 0 Å². The number of allylic oxidation sites excluding steroid dienone is 1. The maximum atomic E-state index is 13.6. The number of hydrogen-bond donors (Lipinski definition) is 0. The van der Waals surface area contributed by atoms with Crippen molar-refractivity contribution < 1.29 is 9.53 Å². The molecule has 31 heavy (non-hydrogen) atoms. The van der Waals surface area contributed by atoms with E-state index in [-0.39, 0.29) is 22.3 Å². The van der Waals surface area contributed by atoms with Gasteiger partial charge < -0.3 is 0 Å². The van der Waals surface area contributed by atoms with Crippen molar-refractivity contribution in [1.82, 2.24) is 4.90 Å². The minimum absolute atomic E-state index is 0.0635. The summed E-state index contributed by atoms with van der Waals surface area (Å²) in [5.41, 5.74) is 3.08. The molecule has 0 bridgehead atoms. The fraction of sp³-hybridized carbons (Fsp3) is 0.889. The topological polar surface area (TPSA) is 29.5 Å². The summed E-state index contributed by atoms with van der Waals surface area (Å²) in [7, 11) is 0. The summed E-state index contributed by atoms with van der Waals surface area (Å²) in [4.78, 5) is 15.5. The monoisotopic (exact) mass is 543 g/mol. The van der Waals surface area contributed by atoms with E-state index in [2.05, 4.69) is 55.4 Å². The van der Waals surface area contributed by atoms with Gasteiger partial charge in [-0.1, -0.05) is 0 Å². The van der Waals surface area contributed by atoms with Crippen LogP contribution in [0.4, 0.5) is 4.79 Å². The van der Waals surface area contributed by atoms with Gasteiger partial charge in [0.2, 0.25) is 0 Å². The van der Waals surface area contributed by atoms with Crippen LogP contribution in [0, 0.1) is 0 Å². The molecule has 0 saturated carbocycles. The Bertz CT molecular complexity index is 526. The van der Waals surface area contributed by atoms with Gasteiger partial charge in [0, 0.05) is 0 Å². The molecule has 0 unspecified atom stereocenters. The van der Waals surface area contributed by atoms with Gasteiger partial charge in [-0.3, -0.25) is 0 Å². The van der Waals surface area contributed by atoms with Crippen molar-refractivity contribution in [2.24, 2.45) is 0 Å². The van der Waals surface area contributed by atoms with E-state index in [4.69, 9.17) is 4.74 Å². The van der Waals surface area contributed by atoms with Gasteiger partial charge in [-0.05, 0) is 0 Å². The van der Waals surface area contributed by atoms with Crippen LogP contribution in [-0.2, 0) is 4.74 Å². The first-order chi connectivity index (χ1) is 14.7. The normalized spacial score (nSPS) is 16.2. The Morgan fingerprint density at radius 1 is 0.871 bits per heavy atom. The molecule has 3 nitrogen and oxygen atoms in total. The van der Waals surface area contributed by atoms with Gasteiger partial charge in [0.25, 0.3) is 0 Å². The summed E-state index contributed by atoms with van der Waals surface area (Å²) < 4.78 is 11.0. The number of ether oxygens (including phenoxy) is 1. The van der Waals surface area contributed by atoms with Crippen molar-refractivity contribution in [3.8, 4) is 0 Å². The molecule has 0 fully saturated rings. The molecular formula is C27H53NO2Sn. The fourth-order valence-electron chi connectivity index (χ4n) is 5.53. The molecule has 0 radical (unpaired) electrons. The van der Waals surface area contributed by atoms with Crippen molar-refractivity contribution >= 4 is 24.5 Å². The first-order valence-corrected chi connectivity index (χ1v) is 21.1. The van der Waals surface area contributed by atoms with E-state index in [1.54, 1.807) is 5.57 Å². The Morgan fingerprint density at radius 3 is 1.71 bits per heavy atom. The van der Waals surface area contributed by atoms with Gasteiger partial charge in [-0.15, -0.1) is 0 Å². The predicted octanol–water partition coefficient (Wildman–Crippen LogP) is 8.89. The zero-order valence-electron chi connectivity index (χ0n) is 22.2. The molecule has 0 saturated heterocycles. The van der Waals surface area contributed by atoms with Crippen molar-refractivity contribution in [2.75, 3.05) is 0 Å². The van der Waals surface area contributed by atoms with Gasteiger partial charge in [0.15, 0.2) is 0 Å². The number of hydrogen-bond acceptors (Lipinski definition) is 2. The summed E-state index contributed by atoms with van der Waals surface area (Å²) >= 11 is -2.79. The SMILES string of the molecule is CCC[CH2][Sn]([CH2]CCC)([CH2]CCC)[C@@H](OC(=O)N(C(C)C)C(C)C)C1=C(C)CCCC1. The van der Waals surface area contributed by atoms with Gasteiger partial charge in [-0.2, -0.15) is 0 Å². The molecule has 1 rings (SSSR count). The summed E-state index contributed by atoms with van der Waals surface area (Å²) in [6.45, 7) is 17.7. The Morgan fingerprint density at radius 2 is 1.32 bits per heavy atom. The van der Waals surface area contributed by atoms with Gasteiger partial charge in [-0.25, -0.2) is 0 Å². The van der Waals surface area contributed by atoms with Gasteiger partial charge in [0.05, 0.1) is 0 Å². The molecule has 0 aliphatic heterocycles. The third-order valence-corrected chi connectivity index (χ3v) is 23.4. The van der Waals surface area contributed by atoms with E-state index < -0.39 is 18.4 Å². The summed E-state index contributed by atoms with van der Waals surface area (Å²) in [6.07, 6.45) is 12.5. The fourth-order valence-corrected chi connectivity index (χ4v) is 23.2. The van der Waals surface area contributed by atoms with Crippen LogP contribution >= 0.6 is 0 Å². The Hall–Kier alpha value is -0.191. The second-order valence-electron chi connectivity index (χ2n) is 10.5. The standard InChI is InChI=1S/C15H26NO2.3C4H9.Sn/c1-11(2)16(12(3)4)15(17)18-10-14-9-7-6-8-13(14)5;3*1-3-4-2;/h10-12H,6-9H2,1-5H3;3*1,3-4H2,2H3;. The Balaban J connectivity index is 3.47. The van der Waals surface area contributed by atoms with Crippen molar-refractivity contribution in [3.05, 3.63) is 11.1 Å². The van der Waals surface area contributed by atoms with E-state index in [1.807, 2.05) is 4.90 Å². The first-order valence-electron chi connectivity index (χ1n) is 13.4. The number of unbranched alkanes of at least 4 members (excludes halogenated alkanes) is 3. The number of amides is 1. The second kappa shape index (κ2) is 14.9. The molecule has 0 N–H and O–H groups in total. The molecule has 0 heterocycles. The molecule has 1 aliphatic rings. The van der Waals surface area contributed by atoms with E-state index in [0.717, 1.165) is 6.42 Å². The van der Waals surface area contributed by atoms with E-state index in [9.17, 15) is 4.79 Å². The van der Waals surface area contributed by atoms with Crippen LogP contribution < -0.4 is 0 Å². The second-order valence-corrected chi connectivity index (χ2v) is 24.1. The van der Waals surface area contributed by atoms with Crippen LogP contribution in [0.25, 0.3) is 0 Å². The van der Waals surface area contributed by atoms with Crippen LogP contribution in [0.1, 0.15) is 120 Å². The first kappa shape index (κ1) is 28.8. The summed E-state index contributed by atoms with van der Waals surface area (Å²) in [6, 6.07) is 0.335. The molecule has 1 amide bonds. The maximum absolute atomic E-state index is 13.6. The van der Waals surface area contributed by atoms with Crippen LogP contribution in [0.3, 0.4) is 0 Å². The molecule has 0 aromatic heterocycles. The van der Waals surface area contributed by atoms with Crippen LogP contribution in [0.15, 0.2) is 11.1 Å². The van der Waals surface area contributed by atoms with E-state index in [1.165, 1.54) is 76.7 Å². The average molecular weight is 542 g/mol. The number of carbonyl (C=O) groups excluding carboxylic acids is 1. The van der Waals surface area contributed by atoms with E-state index in [0.29, 0.717) is 0 Å². The number of nitrogens with zero attached hydrogens (tertiary/aromatic N) is 1. The molecule has 4 heteroatoms. The Labute approximate surface area is 198 Å². The summed E-state index contributed by atoms with van der Waals surface area (Å²) in [5, 5.41) is 0. The zero-order chi connectivity index (χ0) is 23.4. The van der Waals surface area contributed by atoms with Crippen molar-refractivity contribution in [1.29, 1.82) is 0 Å². The quantitative estimate of drug-likeness (QED) is 0.162. The molecule has 1 aliphatic carbocycles. The molecule has 0 aromatic carbocycles. The van der Waals surface area contributed by atoms with Gasteiger partial charge >= 0.3 is 199 Å². The third-order valence-electron chi connectivity index (χ3n) is 7.30. The van der Waals surface area contributed by atoms with Crippen LogP contribution in [0.2, 0.25) is 13.3 Å². The average Bonchev–Trinajstić information content (AvgIpc) is 2.72. The van der Waals surface area contributed by atoms with Crippen LogP contribution in [-0.4, -0.2) is 45.6 Å². The number of carbonyl (C=O) groups is 1.